The summed E-state index contributed by atoms with van der Waals surface area (Å²) in [5.41, 5.74) is 4.36. The third-order valence-electron chi connectivity index (χ3n) is 3.22. The zero-order chi connectivity index (χ0) is 14.7. The highest BCUT2D eigenvalue weighted by atomic mass is 79.9. The summed E-state index contributed by atoms with van der Waals surface area (Å²) in [5, 5.41) is 8.70. The van der Waals surface area contributed by atoms with E-state index in [2.05, 4.69) is 51.0 Å². The minimum atomic E-state index is -0.803. The molecule has 1 aromatic carbocycles. The number of hydrogen-bond donors (Lipinski definition) is 2. The number of carboxylic acids is 1. The van der Waals surface area contributed by atoms with Crippen LogP contribution >= 0.6 is 15.9 Å². The lowest BCUT2D eigenvalue weighted by Gasteiger charge is -2.03. The fraction of sp³-hybridized carbons (Fsp3) is 0.333. The van der Waals surface area contributed by atoms with E-state index in [0.29, 0.717) is 6.42 Å². The van der Waals surface area contributed by atoms with Crippen LogP contribution in [0.3, 0.4) is 0 Å². The monoisotopic (exact) mass is 336 g/mol. The summed E-state index contributed by atoms with van der Waals surface area (Å²) in [4.78, 5) is 18.2. The summed E-state index contributed by atoms with van der Waals surface area (Å²) in [6.07, 6.45) is 1.28. The average molecular weight is 337 g/mol. The normalized spacial score (nSPS) is 10.8. The van der Waals surface area contributed by atoms with Crippen molar-refractivity contribution in [3.8, 4) is 0 Å². The molecule has 0 radical (unpaired) electrons. The van der Waals surface area contributed by atoms with Gasteiger partial charge in [-0.05, 0) is 31.0 Å². The summed E-state index contributed by atoms with van der Waals surface area (Å²) in [5.74, 6) is -0.0610. The number of carbonyl (C=O) groups is 1. The van der Waals surface area contributed by atoms with Gasteiger partial charge in [0.1, 0.15) is 5.82 Å². The highest BCUT2D eigenvalue weighted by Crippen LogP contribution is 2.20. The van der Waals surface area contributed by atoms with Gasteiger partial charge in [0.25, 0.3) is 0 Å². The predicted molar refractivity (Wildman–Crippen MR) is 81.0 cm³/mol. The molecule has 0 aliphatic rings. The van der Waals surface area contributed by atoms with E-state index in [9.17, 15) is 4.79 Å². The number of aliphatic carboxylic acids is 1. The van der Waals surface area contributed by atoms with Crippen LogP contribution < -0.4 is 0 Å². The number of aromatic amines is 1. The van der Waals surface area contributed by atoms with Crippen molar-refractivity contribution < 1.29 is 9.90 Å². The molecule has 2 aromatic rings. The van der Waals surface area contributed by atoms with Gasteiger partial charge in [0.15, 0.2) is 0 Å². The van der Waals surface area contributed by atoms with Crippen LogP contribution in [-0.2, 0) is 17.6 Å². The first kappa shape index (κ1) is 14.8. The number of rotatable bonds is 5. The van der Waals surface area contributed by atoms with Crippen molar-refractivity contribution >= 4 is 21.9 Å². The average Bonchev–Trinajstić information content (AvgIpc) is 2.72. The summed E-state index contributed by atoms with van der Waals surface area (Å²) in [6.45, 7) is 4.02. The summed E-state index contributed by atoms with van der Waals surface area (Å²) in [7, 11) is 0. The minimum absolute atomic E-state index is 0.0997. The molecular formula is C15H17BrN2O2. The number of carboxylic acid groups (broad SMARTS) is 1. The molecule has 0 fully saturated rings. The van der Waals surface area contributed by atoms with Crippen LogP contribution in [0.15, 0.2) is 22.7 Å². The van der Waals surface area contributed by atoms with Crippen LogP contribution in [-0.4, -0.2) is 21.0 Å². The van der Waals surface area contributed by atoms with Crippen molar-refractivity contribution in [2.75, 3.05) is 0 Å². The molecule has 4 nitrogen and oxygen atoms in total. The van der Waals surface area contributed by atoms with Crippen molar-refractivity contribution in [3.05, 3.63) is 51.0 Å². The first-order valence-corrected chi connectivity index (χ1v) is 7.26. The smallest absolute Gasteiger partial charge is 0.303 e. The Balaban J connectivity index is 2.12. The molecule has 20 heavy (non-hydrogen) atoms. The maximum atomic E-state index is 10.6. The molecule has 0 atom stereocenters. The molecule has 0 unspecified atom stereocenters. The molecule has 2 N–H and O–H groups in total. The predicted octanol–water partition coefficient (Wildman–Crippen LogP) is 3.40. The van der Waals surface area contributed by atoms with Crippen molar-refractivity contribution in [2.24, 2.45) is 0 Å². The summed E-state index contributed by atoms with van der Waals surface area (Å²) < 4.78 is 1.09. The third kappa shape index (κ3) is 3.70. The van der Waals surface area contributed by atoms with Crippen LogP contribution in [0.4, 0.5) is 0 Å². The zero-order valence-electron chi connectivity index (χ0n) is 11.5. The number of aryl methyl sites for hydroxylation is 3. The highest BCUT2D eigenvalue weighted by molar-refractivity contribution is 9.10. The van der Waals surface area contributed by atoms with Crippen LogP contribution in [0.2, 0.25) is 0 Å². The van der Waals surface area contributed by atoms with Crippen LogP contribution in [0.1, 0.15) is 34.8 Å². The molecular weight excluding hydrogens is 320 g/mol. The van der Waals surface area contributed by atoms with Gasteiger partial charge in [-0.3, -0.25) is 4.79 Å². The Hall–Kier alpha value is -1.62. The summed E-state index contributed by atoms with van der Waals surface area (Å²) >= 11 is 3.53. The molecule has 0 spiro atoms. The van der Waals surface area contributed by atoms with Crippen LogP contribution in [0, 0.1) is 13.8 Å². The zero-order valence-corrected chi connectivity index (χ0v) is 13.1. The maximum Gasteiger partial charge on any atom is 0.303 e. The Morgan fingerprint density at radius 2 is 2.15 bits per heavy atom. The van der Waals surface area contributed by atoms with Gasteiger partial charge in [-0.15, -0.1) is 0 Å². The largest absolute Gasteiger partial charge is 0.481 e. The van der Waals surface area contributed by atoms with E-state index in [1.807, 2.05) is 6.92 Å². The van der Waals surface area contributed by atoms with Gasteiger partial charge >= 0.3 is 5.97 Å². The van der Waals surface area contributed by atoms with Crippen LogP contribution in [0.5, 0.6) is 0 Å². The van der Waals surface area contributed by atoms with Gasteiger partial charge in [-0.25, -0.2) is 4.98 Å². The lowest BCUT2D eigenvalue weighted by molar-refractivity contribution is -0.137. The first-order chi connectivity index (χ1) is 9.45. The van der Waals surface area contributed by atoms with E-state index in [0.717, 1.165) is 28.1 Å². The van der Waals surface area contributed by atoms with Crippen molar-refractivity contribution in [1.29, 1.82) is 0 Å². The molecule has 5 heteroatoms. The Kier molecular flexibility index (Phi) is 4.60. The Bertz CT molecular complexity index is 635. The summed E-state index contributed by atoms with van der Waals surface area (Å²) in [6, 6.07) is 6.26. The van der Waals surface area contributed by atoms with Gasteiger partial charge in [-0.1, -0.05) is 28.1 Å². The molecule has 1 heterocycles. The van der Waals surface area contributed by atoms with Gasteiger partial charge in [-0.2, -0.15) is 0 Å². The van der Waals surface area contributed by atoms with Crippen LogP contribution in [0.25, 0.3) is 0 Å². The second-order valence-corrected chi connectivity index (χ2v) is 5.76. The molecule has 0 aliphatic carbocycles. The Labute approximate surface area is 126 Å². The van der Waals surface area contributed by atoms with E-state index < -0.39 is 5.97 Å². The number of nitrogens with one attached hydrogen (secondary N) is 1. The number of H-pyrrole nitrogens is 1. The Morgan fingerprint density at radius 1 is 1.40 bits per heavy atom. The second kappa shape index (κ2) is 6.22. The molecule has 2 rings (SSSR count). The molecule has 106 valence electrons. The van der Waals surface area contributed by atoms with Crippen molar-refractivity contribution in [1.82, 2.24) is 9.97 Å². The number of hydrogen-bond acceptors (Lipinski definition) is 2. The van der Waals surface area contributed by atoms with E-state index in [-0.39, 0.29) is 6.42 Å². The number of nitrogens with zero attached hydrogens (tertiary/aromatic N) is 1. The molecule has 1 aromatic heterocycles. The second-order valence-electron chi connectivity index (χ2n) is 4.91. The van der Waals surface area contributed by atoms with E-state index in [1.165, 1.54) is 11.1 Å². The van der Waals surface area contributed by atoms with Crippen molar-refractivity contribution in [3.63, 3.8) is 0 Å². The van der Waals surface area contributed by atoms with Gasteiger partial charge in [0, 0.05) is 23.0 Å². The van der Waals surface area contributed by atoms with E-state index in [1.54, 1.807) is 0 Å². The number of halogens is 1. The minimum Gasteiger partial charge on any atom is -0.481 e. The fourth-order valence-corrected chi connectivity index (χ4v) is 2.45. The number of benzene rings is 1. The van der Waals surface area contributed by atoms with Gasteiger partial charge < -0.3 is 10.1 Å². The number of aromatic nitrogens is 2. The topological polar surface area (TPSA) is 66.0 Å². The first-order valence-electron chi connectivity index (χ1n) is 6.47. The fourth-order valence-electron chi connectivity index (χ4n) is 2.02. The standard InChI is InChI=1S/C15H17BrN2O2/c1-9-3-4-11(7-12(9)16)8-13-10(2)17-14(18-13)5-6-15(19)20/h3-4,7H,5-6,8H2,1-2H3,(H,17,18)(H,19,20). The third-order valence-corrected chi connectivity index (χ3v) is 4.07. The highest BCUT2D eigenvalue weighted by Gasteiger charge is 2.09. The van der Waals surface area contributed by atoms with E-state index in [4.69, 9.17) is 5.11 Å². The van der Waals surface area contributed by atoms with Gasteiger partial charge in [0.2, 0.25) is 0 Å². The maximum absolute atomic E-state index is 10.6. The molecule has 0 amide bonds. The Morgan fingerprint density at radius 3 is 2.80 bits per heavy atom. The molecule has 0 aliphatic heterocycles. The molecule has 0 bridgehead atoms. The lowest BCUT2D eigenvalue weighted by Crippen LogP contribution is -1.99. The van der Waals surface area contributed by atoms with E-state index >= 15 is 0 Å². The SMILES string of the molecule is Cc1ccc(Cc2nc(CCC(=O)O)[nH]c2C)cc1Br. The lowest BCUT2D eigenvalue weighted by atomic mass is 10.1. The van der Waals surface area contributed by atoms with Crippen molar-refractivity contribution in [2.45, 2.75) is 33.1 Å². The number of imidazole rings is 1. The quantitative estimate of drug-likeness (QED) is 0.879. The molecule has 0 saturated carbocycles. The molecule has 0 saturated heterocycles. The van der Waals surface area contributed by atoms with Gasteiger partial charge in [0.05, 0.1) is 12.1 Å².